The fraction of sp³-hybridized carbons (Fsp3) is 1.00. The SMILES string of the molecule is CCCCN(CCCC)CCC[Si](C)(OCC)OCC. The predicted molar refractivity (Wildman–Crippen MR) is 90.6 cm³/mol. The minimum absolute atomic E-state index is 0.776. The Morgan fingerprint density at radius 1 is 0.750 bits per heavy atom. The van der Waals surface area contributed by atoms with Gasteiger partial charge in [-0.05, 0) is 65.3 Å². The molecule has 0 aromatic rings. The lowest BCUT2D eigenvalue weighted by Gasteiger charge is -2.28. The molecule has 0 rings (SSSR count). The molecule has 0 radical (unpaired) electrons. The second-order valence-electron chi connectivity index (χ2n) is 5.65. The Morgan fingerprint density at radius 3 is 1.60 bits per heavy atom. The molecule has 0 fully saturated rings. The summed E-state index contributed by atoms with van der Waals surface area (Å²) in [5, 5.41) is 0. The Kier molecular flexibility index (Phi) is 12.9. The zero-order valence-corrected chi connectivity index (χ0v) is 15.5. The van der Waals surface area contributed by atoms with Crippen molar-refractivity contribution in [2.45, 2.75) is 72.4 Å². The lowest BCUT2D eigenvalue weighted by molar-refractivity contribution is 0.185. The molecular formula is C16H37NO2Si. The van der Waals surface area contributed by atoms with E-state index in [1.54, 1.807) is 0 Å². The molecule has 0 N–H and O–H groups in total. The van der Waals surface area contributed by atoms with Gasteiger partial charge in [0.1, 0.15) is 0 Å². The molecule has 0 saturated heterocycles. The van der Waals surface area contributed by atoms with Gasteiger partial charge in [0.2, 0.25) is 0 Å². The van der Waals surface area contributed by atoms with Crippen LogP contribution in [0, 0.1) is 0 Å². The first-order valence-corrected chi connectivity index (χ1v) is 11.1. The van der Waals surface area contributed by atoms with Crippen molar-refractivity contribution in [3.63, 3.8) is 0 Å². The van der Waals surface area contributed by atoms with Crippen LogP contribution in [0.2, 0.25) is 12.6 Å². The van der Waals surface area contributed by atoms with Gasteiger partial charge in [-0.2, -0.15) is 0 Å². The molecule has 0 saturated carbocycles. The smallest absolute Gasteiger partial charge is 0.334 e. The average molecular weight is 304 g/mol. The lowest BCUT2D eigenvalue weighted by Crippen LogP contribution is -2.39. The monoisotopic (exact) mass is 303 g/mol. The second-order valence-corrected chi connectivity index (χ2v) is 9.00. The summed E-state index contributed by atoms with van der Waals surface area (Å²) >= 11 is 0. The van der Waals surface area contributed by atoms with Gasteiger partial charge in [0, 0.05) is 13.2 Å². The van der Waals surface area contributed by atoms with E-state index in [1.165, 1.54) is 51.7 Å². The second kappa shape index (κ2) is 12.8. The minimum atomic E-state index is -1.91. The topological polar surface area (TPSA) is 21.7 Å². The van der Waals surface area contributed by atoms with Crippen LogP contribution in [-0.2, 0) is 8.85 Å². The van der Waals surface area contributed by atoms with Crippen molar-refractivity contribution in [1.82, 2.24) is 4.90 Å². The molecule has 20 heavy (non-hydrogen) atoms. The van der Waals surface area contributed by atoms with Gasteiger partial charge in [-0.3, -0.25) is 0 Å². The quantitative estimate of drug-likeness (QED) is 0.443. The Balaban J connectivity index is 4.09. The third-order valence-corrected chi connectivity index (χ3v) is 6.72. The van der Waals surface area contributed by atoms with E-state index in [9.17, 15) is 0 Å². The summed E-state index contributed by atoms with van der Waals surface area (Å²) in [6, 6.07) is 1.11. The lowest BCUT2D eigenvalue weighted by atomic mass is 10.2. The van der Waals surface area contributed by atoms with Gasteiger partial charge >= 0.3 is 8.56 Å². The van der Waals surface area contributed by atoms with E-state index in [1.807, 2.05) is 0 Å². The Labute approximate surface area is 128 Å². The normalized spacial score (nSPS) is 12.3. The number of nitrogens with zero attached hydrogens (tertiary/aromatic N) is 1. The fourth-order valence-corrected chi connectivity index (χ4v) is 4.91. The summed E-state index contributed by atoms with van der Waals surface area (Å²) in [5.74, 6) is 0. The molecule has 4 heteroatoms. The van der Waals surface area contributed by atoms with E-state index < -0.39 is 8.56 Å². The maximum Gasteiger partial charge on any atom is 0.334 e. The molecule has 0 unspecified atom stereocenters. The summed E-state index contributed by atoms with van der Waals surface area (Å²) in [6.07, 6.45) is 6.40. The van der Waals surface area contributed by atoms with Crippen LogP contribution >= 0.6 is 0 Å². The molecule has 0 aromatic carbocycles. The van der Waals surface area contributed by atoms with Gasteiger partial charge in [0.05, 0.1) is 0 Å². The molecule has 0 aromatic heterocycles. The molecule has 3 nitrogen and oxygen atoms in total. The van der Waals surface area contributed by atoms with Crippen LogP contribution in [-0.4, -0.2) is 46.3 Å². The Hall–Kier alpha value is 0.0969. The standard InChI is InChI=1S/C16H37NO2Si/c1-6-10-13-17(14-11-7-2)15-12-16-20(5,18-8-3)19-9-4/h6-16H2,1-5H3. The van der Waals surface area contributed by atoms with Gasteiger partial charge in [0.15, 0.2) is 0 Å². The molecule has 0 bridgehead atoms. The van der Waals surface area contributed by atoms with Gasteiger partial charge in [-0.25, -0.2) is 0 Å². The van der Waals surface area contributed by atoms with E-state index in [0.29, 0.717) is 0 Å². The summed E-state index contributed by atoms with van der Waals surface area (Å²) < 4.78 is 11.8. The third-order valence-electron chi connectivity index (χ3n) is 3.66. The maximum atomic E-state index is 5.91. The highest BCUT2D eigenvalue weighted by Crippen LogP contribution is 2.16. The molecule has 0 heterocycles. The van der Waals surface area contributed by atoms with E-state index in [0.717, 1.165) is 19.3 Å². The molecule has 122 valence electrons. The number of unbranched alkanes of at least 4 members (excludes halogenated alkanes) is 2. The van der Waals surface area contributed by atoms with Gasteiger partial charge in [-0.15, -0.1) is 0 Å². The van der Waals surface area contributed by atoms with Crippen LogP contribution in [0.1, 0.15) is 59.8 Å². The van der Waals surface area contributed by atoms with Crippen LogP contribution in [0.5, 0.6) is 0 Å². The van der Waals surface area contributed by atoms with Crippen LogP contribution < -0.4 is 0 Å². The maximum absolute atomic E-state index is 5.91. The van der Waals surface area contributed by atoms with Crippen molar-refractivity contribution >= 4 is 8.56 Å². The van der Waals surface area contributed by atoms with Crippen LogP contribution in [0.25, 0.3) is 0 Å². The van der Waals surface area contributed by atoms with Gasteiger partial charge in [0.25, 0.3) is 0 Å². The van der Waals surface area contributed by atoms with Gasteiger partial charge in [-0.1, -0.05) is 26.7 Å². The number of hydrogen-bond donors (Lipinski definition) is 0. The first-order chi connectivity index (χ1) is 9.61. The zero-order valence-electron chi connectivity index (χ0n) is 14.5. The zero-order chi connectivity index (χ0) is 15.3. The molecule has 0 aliphatic heterocycles. The highest BCUT2D eigenvalue weighted by molar-refractivity contribution is 6.66. The van der Waals surface area contributed by atoms with Gasteiger partial charge < -0.3 is 13.8 Å². The van der Waals surface area contributed by atoms with Crippen LogP contribution in [0.4, 0.5) is 0 Å². The first-order valence-electron chi connectivity index (χ1n) is 8.62. The van der Waals surface area contributed by atoms with E-state index in [2.05, 4.69) is 39.1 Å². The third kappa shape index (κ3) is 9.92. The van der Waals surface area contributed by atoms with Crippen molar-refractivity contribution in [1.29, 1.82) is 0 Å². The summed E-state index contributed by atoms with van der Waals surface area (Å²) in [6.45, 7) is 16.1. The van der Waals surface area contributed by atoms with E-state index in [4.69, 9.17) is 8.85 Å². The number of rotatable bonds is 14. The average Bonchev–Trinajstić information content (AvgIpc) is 2.41. The van der Waals surface area contributed by atoms with Crippen molar-refractivity contribution in [2.24, 2.45) is 0 Å². The molecule has 0 aliphatic rings. The van der Waals surface area contributed by atoms with E-state index >= 15 is 0 Å². The van der Waals surface area contributed by atoms with Crippen molar-refractivity contribution in [3.8, 4) is 0 Å². The summed E-state index contributed by atoms with van der Waals surface area (Å²) in [7, 11) is -1.91. The van der Waals surface area contributed by atoms with E-state index in [-0.39, 0.29) is 0 Å². The van der Waals surface area contributed by atoms with Crippen molar-refractivity contribution in [3.05, 3.63) is 0 Å². The van der Waals surface area contributed by atoms with Crippen molar-refractivity contribution in [2.75, 3.05) is 32.8 Å². The predicted octanol–water partition coefficient (Wildman–Crippen LogP) is 4.42. The largest absolute Gasteiger partial charge is 0.395 e. The summed E-state index contributed by atoms with van der Waals surface area (Å²) in [5.41, 5.74) is 0. The molecule has 0 amide bonds. The molecular weight excluding hydrogens is 266 g/mol. The van der Waals surface area contributed by atoms with Crippen molar-refractivity contribution < 1.29 is 8.85 Å². The summed E-state index contributed by atoms with van der Waals surface area (Å²) in [4.78, 5) is 2.62. The Bertz CT molecular complexity index is 201. The highest BCUT2D eigenvalue weighted by atomic mass is 28.4. The number of hydrogen-bond acceptors (Lipinski definition) is 3. The van der Waals surface area contributed by atoms with Crippen LogP contribution in [0.3, 0.4) is 0 Å². The molecule has 0 spiro atoms. The van der Waals surface area contributed by atoms with Crippen LogP contribution in [0.15, 0.2) is 0 Å². The fourth-order valence-electron chi connectivity index (χ4n) is 2.52. The molecule has 0 aliphatic carbocycles. The highest BCUT2D eigenvalue weighted by Gasteiger charge is 2.30. The Morgan fingerprint density at radius 2 is 1.20 bits per heavy atom. The molecule has 0 atom stereocenters. The minimum Gasteiger partial charge on any atom is -0.395 e. The first kappa shape index (κ1) is 20.1.